The molecule has 26 heavy (non-hydrogen) atoms. The van der Waals surface area contributed by atoms with Gasteiger partial charge in [0.15, 0.2) is 5.69 Å². The molecule has 3 rings (SSSR count). The third kappa shape index (κ3) is 3.26. The molecule has 2 N–H and O–H groups in total. The Morgan fingerprint density at radius 1 is 1.27 bits per heavy atom. The van der Waals surface area contributed by atoms with Gasteiger partial charge in [0.25, 0.3) is 11.6 Å². The average molecular weight is 360 g/mol. The predicted octanol–water partition coefficient (Wildman–Crippen LogP) is 1.14. The van der Waals surface area contributed by atoms with Crippen LogP contribution in [-0.2, 0) is 9.53 Å². The molecule has 1 amide bonds. The van der Waals surface area contributed by atoms with E-state index < -0.39 is 22.3 Å². The number of benzene rings is 1. The van der Waals surface area contributed by atoms with Crippen LogP contribution in [0, 0.1) is 10.1 Å². The van der Waals surface area contributed by atoms with Gasteiger partial charge in [0, 0.05) is 38.3 Å². The second-order valence-corrected chi connectivity index (χ2v) is 5.85. The number of aromatic nitrogens is 2. The molecule has 0 aliphatic carbocycles. The van der Waals surface area contributed by atoms with E-state index in [1.54, 1.807) is 6.07 Å². The van der Waals surface area contributed by atoms with E-state index in [-0.39, 0.29) is 43.1 Å². The van der Waals surface area contributed by atoms with Gasteiger partial charge in [0.05, 0.1) is 4.92 Å². The van der Waals surface area contributed by atoms with E-state index in [1.807, 2.05) is 0 Å². The van der Waals surface area contributed by atoms with E-state index in [1.165, 1.54) is 35.1 Å². The molecule has 2 aromatic rings. The molecule has 0 spiro atoms. The van der Waals surface area contributed by atoms with Gasteiger partial charge < -0.3 is 15.2 Å². The fourth-order valence-corrected chi connectivity index (χ4v) is 2.79. The number of carboxylic acid groups (broad SMARTS) is 1. The number of rotatable bonds is 5. The maximum atomic E-state index is 12.5. The van der Waals surface area contributed by atoms with Crippen molar-refractivity contribution in [2.75, 3.05) is 13.2 Å². The fourth-order valence-electron chi connectivity index (χ4n) is 2.79. The molecule has 1 aliphatic heterocycles. The Hall–Kier alpha value is -3.27. The number of carbonyl (C=O) groups is 2. The highest BCUT2D eigenvalue weighted by Gasteiger charge is 2.42. The summed E-state index contributed by atoms with van der Waals surface area (Å²) >= 11 is 0. The summed E-state index contributed by atoms with van der Waals surface area (Å²) in [5, 5.41) is 27.2. The summed E-state index contributed by atoms with van der Waals surface area (Å²) in [5.74, 6) is -1.79. The van der Waals surface area contributed by atoms with Crippen LogP contribution in [0.25, 0.3) is 5.69 Å². The summed E-state index contributed by atoms with van der Waals surface area (Å²) in [6.45, 7) is 0.467. The van der Waals surface area contributed by atoms with Crippen LogP contribution in [-0.4, -0.2) is 50.4 Å². The lowest BCUT2D eigenvalue weighted by Gasteiger charge is -2.33. The van der Waals surface area contributed by atoms with Crippen molar-refractivity contribution in [1.29, 1.82) is 0 Å². The van der Waals surface area contributed by atoms with Crippen LogP contribution < -0.4 is 5.32 Å². The van der Waals surface area contributed by atoms with Gasteiger partial charge in [-0.3, -0.25) is 14.9 Å². The molecular weight excluding hydrogens is 344 g/mol. The summed E-state index contributed by atoms with van der Waals surface area (Å²) in [5.41, 5.74) is -1.39. The number of para-hydroxylation sites is 2. The number of nitrogens with zero attached hydrogens (tertiary/aromatic N) is 3. The van der Waals surface area contributed by atoms with Crippen LogP contribution in [0.15, 0.2) is 36.5 Å². The van der Waals surface area contributed by atoms with Gasteiger partial charge >= 0.3 is 5.97 Å². The van der Waals surface area contributed by atoms with Gasteiger partial charge in [0.2, 0.25) is 0 Å². The molecule has 1 aromatic carbocycles. The third-order valence-electron chi connectivity index (χ3n) is 4.26. The first-order chi connectivity index (χ1) is 12.4. The number of nitro groups is 1. The molecule has 10 heteroatoms. The normalized spacial score (nSPS) is 16.0. The third-order valence-corrected chi connectivity index (χ3v) is 4.26. The smallest absolute Gasteiger partial charge is 0.329 e. The number of nitrogens with one attached hydrogen (secondary N) is 1. The molecule has 0 atom stereocenters. The number of ether oxygens (including phenoxy) is 1. The van der Waals surface area contributed by atoms with E-state index in [2.05, 4.69) is 10.4 Å². The second kappa shape index (κ2) is 6.92. The van der Waals surface area contributed by atoms with Crippen molar-refractivity contribution in [3.05, 3.63) is 52.3 Å². The van der Waals surface area contributed by atoms with Gasteiger partial charge in [-0.15, -0.1) is 0 Å². The molecule has 0 radical (unpaired) electrons. The lowest BCUT2D eigenvalue weighted by molar-refractivity contribution is -0.384. The first kappa shape index (κ1) is 17.5. The van der Waals surface area contributed by atoms with E-state index in [9.17, 15) is 24.8 Å². The van der Waals surface area contributed by atoms with Crippen molar-refractivity contribution in [2.24, 2.45) is 0 Å². The van der Waals surface area contributed by atoms with Gasteiger partial charge in [-0.25, -0.2) is 9.48 Å². The summed E-state index contributed by atoms with van der Waals surface area (Å²) < 4.78 is 6.37. The molecule has 136 valence electrons. The van der Waals surface area contributed by atoms with Crippen LogP contribution in [0.5, 0.6) is 0 Å². The van der Waals surface area contributed by atoms with Crippen LogP contribution >= 0.6 is 0 Å². The molecule has 1 fully saturated rings. The molecule has 1 aromatic heterocycles. The summed E-state index contributed by atoms with van der Waals surface area (Å²) in [6, 6.07) is 7.36. The SMILES string of the molecule is O=C(NC1(C(=O)O)CCOCC1)c1ccn(-c2ccccc2[N+](=O)[O-])n1. The van der Waals surface area contributed by atoms with E-state index in [0.717, 1.165) is 0 Å². The van der Waals surface area contributed by atoms with Gasteiger partial charge in [-0.05, 0) is 12.1 Å². The minimum atomic E-state index is -1.40. The quantitative estimate of drug-likeness (QED) is 0.602. The van der Waals surface area contributed by atoms with Gasteiger partial charge in [0.1, 0.15) is 11.2 Å². The van der Waals surface area contributed by atoms with Crippen LogP contribution in [0.1, 0.15) is 23.3 Å². The zero-order chi connectivity index (χ0) is 18.7. The Morgan fingerprint density at radius 2 is 1.96 bits per heavy atom. The monoisotopic (exact) mass is 360 g/mol. The number of carbonyl (C=O) groups excluding carboxylic acids is 1. The minimum Gasteiger partial charge on any atom is -0.480 e. The van der Waals surface area contributed by atoms with Crippen LogP contribution in [0.3, 0.4) is 0 Å². The van der Waals surface area contributed by atoms with Crippen molar-refractivity contribution < 1.29 is 24.4 Å². The molecule has 0 unspecified atom stereocenters. The summed E-state index contributed by atoms with van der Waals surface area (Å²) in [7, 11) is 0. The summed E-state index contributed by atoms with van der Waals surface area (Å²) in [4.78, 5) is 34.7. The Morgan fingerprint density at radius 3 is 2.62 bits per heavy atom. The highest BCUT2D eigenvalue weighted by Crippen LogP contribution is 2.23. The Bertz CT molecular complexity index is 856. The molecule has 2 heterocycles. The number of aliphatic carboxylic acids is 1. The second-order valence-electron chi connectivity index (χ2n) is 5.85. The first-order valence-corrected chi connectivity index (χ1v) is 7.86. The van der Waals surface area contributed by atoms with Gasteiger partial charge in [-0.2, -0.15) is 5.10 Å². The van der Waals surface area contributed by atoms with E-state index in [4.69, 9.17) is 4.74 Å². The van der Waals surface area contributed by atoms with Crippen molar-refractivity contribution in [3.8, 4) is 5.69 Å². The molecule has 0 bridgehead atoms. The summed E-state index contributed by atoms with van der Waals surface area (Å²) in [6.07, 6.45) is 1.71. The topological polar surface area (TPSA) is 137 Å². The highest BCUT2D eigenvalue weighted by atomic mass is 16.6. The van der Waals surface area contributed by atoms with Crippen molar-refractivity contribution in [1.82, 2.24) is 15.1 Å². The highest BCUT2D eigenvalue weighted by molar-refractivity contribution is 5.96. The van der Waals surface area contributed by atoms with Crippen LogP contribution in [0.4, 0.5) is 5.69 Å². The first-order valence-electron chi connectivity index (χ1n) is 7.86. The fraction of sp³-hybridized carbons (Fsp3) is 0.312. The van der Waals surface area contributed by atoms with Crippen molar-refractivity contribution in [3.63, 3.8) is 0 Å². The molecular formula is C16H16N4O6. The lowest BCUT2D eigenvalue weighted by atomic mass is 9.90. The Balaban J connectivity index is 1.85. The number of nitro benzene ring substituents is 1. The lowest BCUT2D eigenvalue weighted by Crippen LogP contribution is -2.57. The molecule has 1 aliphatic rings. The Kier molecular flexibility index (Phi) is 4.67. The minimum absolute atomic E-state index is 0.0322. The largest absolute Gasteiger partial charge is 0.480 e. The van der Waals surface area contributed by atoms with Crippen LogP contribution in [0.2, 0.25) is 0 Å². The zero-order valence-corrected chi connectivity index (χ0v) is 13.6. The predicted molar refractivity (Wildman–Crippen MR) is 88.1 cm³/mol. The van der Waals surface area contributed by atoms with E-state index in [0.29, 0.717) is 0 Å². The standard InChI is InChI=1S/C16H16N4O6/c21-14(17-16(15(22)23)6-9-26-10-7-16)11-5-8-19(18-11)12-3-1-2-4-13(12)20(24)25/h1-5,8H,6-7,9-10H2,(H,17,21)(H,22,23). The number of hydrogen-bond acceptors (Lipinski definition) is 6. The average Bonchev–Trinajstić information content (AvgIpc) is 3.12. The molecule has 0 saturated carbocycles. The maximum Gasteiger partial charge on any atom is 0.329 e. The maximum absolute atomic E-state index is 12.5. The van der Waals surface area contributed by atoms with Gasteiger partial charge in [-0.1, -0.05) is 12.1 Å². The number of carboxylic acids is 1. The van der Waals surface area contributed by atoms with Crippen molar-refractivity contribution >= 4 is 17.6 Å². The zero-order valence-electron chi connectivity index (χ0n) is 13.6. The number of amides is 1. The molecule has 1 saturated heterocycles. The molecule has 10 nitrogen and oxygen atoms in total. The van der Waals surface area contributed by atoms with Crippen molar-refractivity contribution in [2.45, 2.75) is 18.4 Å². The Labute approximate surface area is 147 Å². The van der Waals surface area contributed by atoms with E-state index >= 15 is 0 Å². The number of hydrogen-bond donors (Lipinski definition) is 2.